The van der Waals surface area contributed by atoms with E-state index in [0.29, 0.717) is 13.0 Å². The molecule has 4 nitrogen and oxygen atoms in total. The Labute approximate surface area is 140 Å². The number of hydrogen-bond donors (Lipinski definition) is 1. The lowest BCUT2D eigenvalue weighted by molar-refractivity contribution is -0.130. The third-order valence-electron chi connectivity index (χ3n) is 4.36. The number of amides is 2. The number of anilines is 1. The van der Waals surface area contributed by atoms with Gasteiger partial charge in [-0.25, -0.2) is 0 Å². The van der Waals surface area contributed by atoms with E-state index in [9.17, 15) is 9.59 Å². The highest BCUT2D eigenvalue weighted by Gasteiger charge is 2.36. The van der Waals surface area contributed by atoms with Crippen molar-refractivity contribution in [3.05, 3.63) is 28.2 Å². The van der Waals surface area contributed by atoms with Crippen LogP contribution in [0.1, 0.15) is 38.7 Å². The van der Waals surface area contributed by atoms with Gasteiger partial charge in [-0.15, -0.1) is 0 Å². The van der Waals surface area contributed by atoms with E-state index in [4.69, 9.17) is 0 Å². The van der Waals surface area contributed by atoms with Crippen LogP contribution in [0.3, 0.4) is 0 Å². The number of carbonyl (C=O) groups is 2. The van der Waals surface area contributed by atoms with Crippen LogP contribution in [0, 0.1) is 12.8 Å². The topological polar surface area (TPSA) is 49.4 Å². The lowest BCUT2D eigenvalue weighted by atomic mass is 10.1. The Morgan fingerprint density at radius 2 is 2.09 bits per heavy atom. The van der Waals surface area contributed by atoms with Crippen LogP contribution in [0.4, 0.5) is 5.69 Å². The number of carbonyl (C=O) groups excluding carboxylic acids is 2. The predicted octanol–water partition coefficient (Wildman–Crippen LogP) is 3.73. The van der Waals surface area contributed by atoms with Crippen LogP contribution >= 0.6 is 15.9 Å². The van der Waals surface area contributed by atoms with E-state index in [1.165, 1.54) is 0 Å². The van der Waals surface area contributed by atoms with Gasteiger partial charge in [0.25, 0.3) is 0 Å². The summed E-state index contributed by atoms with van der Waals surface area (Å²) < 4.78 is 0.985. The van der Waals surface area contributed by atoms with E-state index in [1.807, 2.05) is 30.0 Å². The Morgan fingerprint density at radius 3 is 2.68 bits per heavy atom. The molecular formula is C17H23BrN2O2. The Hall–Kier alpha value is -1.36. The Balaban J connectivity index is 2.03. The van der Waals surface area contributed by atoms with Gasteiger partial charge in [0.15, 0.2) is 0 Å². The minimum atomic E-state index is -0.254. The zero-order chi connectivity index (χ0) is 16.3. The van der Waals surface area contributed by atoms with Gasteiger partial charge in [-0.3, -0.25) is 9.59 Å². The number of halogens is 1. The fourth-order valence-corrected chi connectivity index (χ4v) is 3.47. The molecule has 120 valence electrons. The molecule has 1 saturated heterocycles. The maximum Gasteiger partial charge on any atom is 0.229 e. The molecule has 1 aliphatic rings. The van der Waals surface area contributed by atoms with Crippen molar-refractivity contribution in [2.24, 2.45) is 5.92 Å². The number of likely N-dealkylation sites (tertiary alicyclic amines) is 1. The SMILES string of the molecule is CCC(CC)N1CC(C(=O)Nc2ccc(Br)cc2C)CC1=O. The van der Waals surface area contributed by atoms with E-state index in [-0.39, 0.29) is 23.8 Å². The molecule has 0 spiro atoms. The quantitative estimate of drug-likeness (QED) is 0.862. The second kappa shape index (κ2) is 7.27. The molecule has 2 rings (SSSR count). The van der Waals surface area contributed by atoms with Gasteiger partial charge in [0, 0.05) is 29.2 Å². The first kappa shape index (κ1) is 17.0. The number of hydrogen-bond acceptors (Lipinski definition) is 2. The molecule has 1 aromatic rings. The third kappa shape index (κ3) is 3.69. The summed E-state index contributed by atoms with van der Waals surface area (Å²) in [6.07, 6.45) is 2.18. The largest absolute Gasteiger partial charge is 0.339 e. The molecule has 1 heterocycles. The van der Waals surface area contributed by atoms with Crippen LogP contribution < -0.4 is 5.32 Å². The molecule has 1 unspecified atom stereocenters. The van der Waals surface area contributed by atoms with Gasteiger partial charge in [-0.2, -0.15) is 0 Å². The Kier molecular flexibility index (Phi) is 5.62. The molecule has 1 aromatic carbocycles. The van der Waals surface area contributed by atoms with E-state index in [1.54, 1.807) is 0 Å². The summed E-state index contributed by atoms with van der Waals surface area (Å²) in [6.45, 7) is 6.66. The van der Waals surface area contributed by atoms with E-state index in [0.717, 1.165) is 28.6 Å². The van der Waals surface area contributed by atoms with Crippen LogP contribution in [-0.4, -0.2) is 29.3 Å². The first-order valence-electron chi connectivity index (χ1n) is 7.82. The highest BCUT2D eigenvalue weighted by molar-refractivity contribution is 9.10. The molecule has 5 heteroatoms. The van der Waals surface area contributed by atoms with Gasteiger partial charge in [-0.05, 0) is 43.5 Å². The van der Waals surface area contributed by atoms with E-state index < -0.39 is 0 Å². The molecule has 0 saturated carbocycles. The summed E-state index contributed by atoms with van der Waals surface area (Å²) in [5.74, 6) is -0.218. The summed E-state index contributed by atoms with van der Waals surface area (Å²) in [7, 11) is 0. The fraction of sp³-hybridized carbons (Fsp3) is 0.529. The Bertz CT molecular complexity index is 570. The van der Waals surface area contributed by atoms with Gasteiger partial charge in [-0.1, -0.05) is 29.8 Å². The van der Waals surface area contributed by atoms with Crippen LogP contribution in [-0.2, 0) is 9.59 Å². The van der Waals surface area contributed by atoms with Gasteiger partial charge >= 0.3 is 0 Å². The number of aryl methyl sites for hydroxylation is 1. The smallest absolute Gasteiger partial charge is 0.229 e. The lowest BCUT2D eigenvalue weighted by Crippen LogP contribution is -2.36. The van der Waals surface area contributed by atoms with Crippen LogP contribution in [0.5, 0.6) is 0 Å². The fourth-order valence-electron chi connectivity index (χ4n) is 2.99. The van der Waals surface area contributed by atoms with E-state index >= 15 is 0 Å². The van der Waals surface area contributed by atoms with Crippen LogP contribution in [0.2, 0.25) is 0 Å². The number of rotatable bonds is 5. The number of benzene rings is 1. The summed E-state index contributed by atoms with van der Waals surface area (Å²) in [5.41, 5.74) is 1.81. The lowest BCUT2D eigenvalue weighted by Gasteiger charge is -2.26. The second-order valence-electron chi connectivity index (χ2n) is 5.87. The molecule has 1 aliphatic heterocycles. The van der Waals surface area contributed by atoms with Crippen LogP contribution in [0.25, 0.3) is 0 Å². The summed E-state index contributed by atoms with van der Waals surface area (Å²) in [5, 5.41) is 2.96. The first-order valence-corrected chi connectivity index (χ1v) is 8.62. The summed E-state index contributed by atoms with van der Waals surface area (Å²) in [6, 6.07) is 6.00. The molecule has 1 atom stereocenters. The molecule has 2 amide bonds. The standard InChI is InChI=1S/C17H23BrN2O2/c1-4-14(5-2)20-10-12(9-16(20)21)17(22)19-15-7-6-13(18)8-11(15)3/h6-8,12,14H,4-5,9-10H2,1-3H3,(H,19,22). The minimum absolute atomic E-state index is 0.0628. The van der Waals surface area contributed by atoms with Gasteiger partial charge in [0.05, 0.1) is 5.92 Å². The van der Waals surface area contributed by atoms with Gasteiger partial charge in [0.2, 0.25) is 11.8 Å². The van der Waals surface area contributed by atoms with Gasteiger partial charge < -0.3 is 10.2 Å². The second-order valence-corrected chi connectivity index (χ2v) is 6.78. The highest BCUT2D eigenvalue weighted by atomic mass is 79.9. The average Bonchev–Trinajstić information content (AvgIpc) is 2.86. The zero-order valence-electron chi connectivity index (χ0n) is 13.4. The molecule has 1 fully saturated rings. The van der Waals surface area contributed by atoms with E-state index in [2.05, 4.69) is 35.1 Å². The number of nitrogens with one attached hydrogen (secondary N) is 1. The van der Waals surface area contributed by atoms with Crippen molar-refractivity contribution in [1.29, 1.82) is 0 Å². The van der Waals surface area contributed by atoms with Crippen molar-refractivity contribution >= 4 is 33.4 Å². The molecule has 0 aromatic heterocycles. The van der Waals surface area contributed by atoms with Crippen LogP contribution in [0.15, 0.2) is 22.7 Å². The van der Waals surface area contributed by atoms with Crippen molar-refractivity contribution in [1.82, 2.24) is 4.90 Å². The predicted molar refractivity (Wildman–Crippen MR) is 91.7 cm³/mol. The molecule has 0 aliphatic carbocycles. The maximum atomic E-state index is 12.4. The summed E-state index contributed by atoms with van der Waals surface area (Å²) >= 11 is 3.41. The van der Waals surface area contributed by atoms with Gasteiger partial charge in [0.1, 0.15) is 0 Å². The first-order chi connectivity index (χ1) is 10.5. The number of nitrogens with zero attached hydrogens (tertiary/aromatic N) is 1. The molecular weight excluding hydrogens is 344 g/mol. The van der Waals surface area contributed by atoms with Crippen molar-refractivity contribution in [3.63, 3.8) is 0 Å². The average molecular weight is 367 g/mol. The van der Waals surface area contributed by atoms with Crippen molar-refractivity contribution < 1.29 is 9.59 Å². The molecule has 0 radical (unpaired) electrons. The zero-order valence-corrected chi connectivity index (χ0v) is 14.9. The monoisotopic (exact) mass is 366 g/mol. The normalized spacial score (nSPS) is 18.1. The maximum absolute atomic E-state index is 12.4. The highest BCUT2D eigenvalue weighted by Crippen LogP contribution is 2.26. The molecule has 22 heavy (non-hydrogen) atoms. The Morgan fingerprint density at radius 1 is 1.41 bits per heavy atom. The van der Waals surface area contributed by atoms with Crippen molar-refractivity contribution in [2.45, 2.75) is 46.1 Å². The third-order valence-corrected chi connectivity index (χ3v) is 4.85. The molecule has 1 N–H and O–H groups in total. The molecule has 0 bridgehead atoms. The van der Waals surface area contributed by atoms with Crippen molar-refractivity contribution in [2.75, 3.05) is 11.9 Å². The van der Waals surface area contributed by atoms with Crippen molar-refractivity contribution in [3.8, 4) is 0 Å². The minimum Gasteiger partial charge on any atom is -0.339 e. The summed E-state index contributed by atoms with van der Waals surface area (Å²) in [4.78, 5) is 26.5.